The average molecular weight is 338 g/mol. The Hall–Kier alpha value is -1.89. The highest BCUT2D eigenvalue weighted by Gasteiger charge is 2.25. The number of nitrogens with zero attached hydrogens (tertiary/aromatic N) is 1. The van der Waals surface area contributed by atoms with Crippen molar-refractivity contribution in [1.29, 1.82) is 0 Å². The summed E-state index contributed by atoms with van der Waals surface area (Å²) in [6.07, 6.45) is 0.637. The van der Waals surface area contributed by atoms with E-state index in [9.17, 15) is 13.2 Å². The van der Waals surface area contributed by atoms with Crippen molar-refractivity contribution >= 4 is 33.5 Å². The summed E-state index contributed by atoms with van der Waals surface area (Å²) in [5.74, 6) is 0. The van der Waals surface area contributed by atoms with Crippen LogP contribution in [0, 0.1) is 6.07 Å². The number of carbonyl (C=O) groups is 1. The summed E-state index contributed by atoms with van der Waals surface area (Å²) in [7, 11) is -2.18. The summed E-state index contributed by atoms with van der Waals surface area (Å²) in [6, 6.07) is 13.2. The minimum Gasteiger partial charge on any atom is -0.318 e. The number of benzene rings is 2. The Bertz CT molecular complexity index is 758. The molecule has 22 heavy (non-hydrogen) atoms. The second kappa shape index (κ2) is 6.48. The predicted molar refractivity (Wildman–Crippen MR) is 85.3 cm³/mol. The molecule has 2 aromatic rings. The van der Waals surface area contributed by atoms with Gasteiger partial charge in [-0.15, -0.1) is 0 Å². The molecular formula is C15H14ClN2O3S. The zero-order chi connectivity index (χ0) is 16.3. The topological polar surface area (TPSA) is 80.5 Å². The number of nitrogens with two attached hydrogens (primary N) is 1. The summed E-state index contributed by atoms with van der Waals surface area (Å²) in [5, 5.41) is -0.783. The van der Waals surface area contributed by atoms with Gasteiger partial charge in [0, 0.05) is 17.8 Å². The molecule has 1 radical (unpaired) electrons. The molecule has 0 saturated heterocycles. The maximum Gasteiger partial charge on any atom is 0.213 e. The van der Waals surface area contributed by atoms with Crippen LogP contribution in [-0.4, -0.2) is 21.9 Å². The minimum atomic E-state index is -3.76. The van der Waals surface area contributed by atoms with E-state index in [-0.39, 0.29) is 4.90 Å². The highest BCUT2D eigenvalue weighted by molar-refractivity contribution is 7.91. The van der Waals surface area contributed by atoms with Crippen LogP contribution in [0.3, 0.4) is 0 Å². The van der Waals surface area contributed by atoms with Gasteiger partial charge in [0.15, 0.2) is 9.84 Å². The second-order valence-electron chi connectivity index (χ2n) is 4.64. The van der Waals surface area contributed by atoms with Gasteiger partial charge in [0.05, 0.1) is 4.90 Å². The summed E-state index contributed by atoms with van der Waals surface area (Å²) >= 11 is 5.75. The summed E-state index contributed by atoms with van der Waals surface area (Å²) in [5.41, 5.74) is 6.77. The van der Waals surface area contributed by atoms with Crippen LogP contribution in [0.2, 0.25) is 5.02 Å². The predicted octanol–water partition coefficient (Wildman–Crippen LogP) is 2.16. The van der Waals surface area contributed by atoms with Crippen LogP contribution in [0.15, 0.2) is 47.4 Å². The Morgan fingerprint density at radius 2 is 1.86 bits per heavy atom. The lowest BCUT2D eigenvalue weighted by Gasteiger charge is -2.15. The Labute approximate surface area is 134 Å². The van der Waals surface area contributed by atoms with Gasteiger partial charge in [0.2, 0.25) is 6.41 Å². The van der Waals surface area contributed by atoms with Gasteiger partial charge in [-0.25, -0.2) is 8.42 Å². The molecule has 0 aliphatic heterocycles. The maximum atomic E-state index is 12.5. The monoisotopic (exact) mass is 337 g/mol. The molecule has 0 aliphatic carbocycles. The van der Waals surface area contributed by atoms with Gasteiger partial charge in [-0.2, -0.15) is 0 Å². The summed E-state index contributed by atoms with van der Waals surface area (Å²) < 4.78 is 25.0. The minimum absolute atomic E-state index is 0.0754. The zero-order valence-corrected chi connectivity index (χ0v) is 13.3. The molecule has 1 unspecified atom stereocenters. The Kier molecular flexibility index (Phi) is 4.85. The van der Waals surface area contributed by atoms with Gasteiger partial charge >= 0.3 is 0 Å². The molecule has 0 aromatic heterocycles. The highest BCUT2D eigenvalue weighted by Crippen LogP contribution is 2.26. The van der Waals surface area contributed by atoms with Crippen molar-refractivity contribution in [2.24, 2.45) is 5.73 Å². The third-order valence-electron chi connectivity index (χ3n) is 3.17. The normalized spacial score (nSPS) is 12.7. The standard InChI is InChI=1S/C15H14ClN2O3S/c1-18(10-19)13-6-8-14(9-7-13)22(20,21)15(17)11-2-4-12(16)5-3-11/h2,4-10,15H,17H2,1H3. The third-order valence-corrected chi connectivity index (χ3v) is 5.26. The second-order valence-corrected chi connectivity index (χ2v) is 7.14. The Morgan fingerprint density at radius 3 is 2.36 bits per heavy atom. The van der Waals surface area contributed by atoms with Crippen LogP contribution in [0.1, 0.15) is 10.9 Å². The van der Waals surface area contributed by atoms with Gasteiger partial charge in [-0.3, -0.25) is 4.79 Å². The molecule has 2 rings (SSSR count). The maximum absolute atomic E-state index is 12.5. The lowest BCUT2D eigenvalue weighted by Crippen LogP contribution is -2.22. The molecule has 0 aliphatic rings. The van der Waals surface area contributed by atoms with Gasteiger partial charge < -0.3 is 10.6 Å². The number of anilines is 1. The van der Waals surface area contributed by atoms with E-state index < -0.39 is 15.2 Å². The number of halogens is 1. The molecule has 0 spiro atoms. The first kappa shape index (κ1) is 16.5. The number of rotatable bonds is 5. The van der Waals surface area contributed by atoms with E-state index in [0.29, 0.717) is 22.7 Å². The van der Waals surface area contributed by atoms with Crippen molar-refractivity contribution in [3.05, 3.63) is 59.1 Å². The van der Waals surface area contributed by atoms with Gasteiger partial charge in [-0.1, -0.05) is 17.7 Å². The quantitative estimate of drug-likeness (QED) is 0.848. The molecule has 0 bridgehead atoms. The number of hydrogen-bond acceptors (Lipinski definition) is 4. The number of hydrogen-bond donors (Lipinski definition) is 1. The third kappa shape index (κ3) is 3.30. The van der Waals surface area contributed by atoms with E-state index in [4.69, 9.17) is 17.3 Å². The fourth-order valence-electron chi connectivity index (χ4n) is 1.84. The van der Waals surface area contributed by atoms with Gasteiger partial charge in [-0.05, 0) is 48.0 Å². The molecule has 2 aromatic carbocycles. The van der Waals surface area contributed by atoms with Crippen molar-refractivity contribution in [2.45, 2.75) is 10.3 Å². The van der Waals surface area contributed by atoms with Crippen LogP contribution in [0.5, 0.6) is 0 Å². The lowest BCUT2D eigenvalue weighted by molar-refractivity contribution is -0.107. The summed E-state index contributed by atoms with van der Waals surface area (Å²) in [4.78, 5) is 12.1. The van der Waals surface area contributed by atoms with Gasteiger partial charge in [0.1, 0.15) is 5.37 Å². The molecule has 7 heteroatoms. The largest absolute Gasteiger partial charge is 0.318 e. The first-order valence-electron chi connectivity index (χ1n) is 6.31. The van der Waals surface area contributed by atoms with Crippen LogP contribution >= 0.6 is 11.6 Å². The first-order chi connectivity index (χ1) is 10.4. The molecule has 2 N–H and O–H groups in total. The van der Waals surface area contributed by atoms with Gasteiger partial charge in [0.25, 0.3) is 0 Å². The average Bonchev–Trinajstić information content (AvgIpc) is 2.54. The van der Waals surface area contributed by atoms with Crippen molar-refractivity contribution in [3.63, 3.8) is 0 Å². The zero-order valence-electron chi connectivity index (χ0n) is 11.7. The number of amides is 1. The van der Waals surface area contributed by atoms with Crippen molar-refractivity contribution < 1.29 is 13.2 Å². The van der Waals surface area contributed by atoms with E-state index in [1.54, 1.807) is 25.2 Å². The van der Waals surface area contributed by atoms with Crippen LogP contribution < -0.4 is 10.6 Å². The SMILES string of the molecule is CN(C=O)c1ccc(S(=O)(=O)C(N)c2[c]cc(Cl)cc2)cc1. The lowest BCUT2D eigenvalue weighted by atomic mass is 10.2. The molecule has 1 amide bonds. The fourth-order valence-corrected chi connectivity index (χ4v) is 3.25. The molecule has 0 heterocycles. The highest BCUT2D eigenvalue weighted by atomic mass is 35.5. The molecule has 5 nitrogen and oxygen atoms in total. The van der Waals surface area contributed by atoms with E-state index in [1.165, 1.54) is 29.2 Å². The summed E-state index contributed by atoms with van der Waals surface area (Å²) in [6.45, 7) is 0. The number of sulfone groups is 1. The van der Waals surface area contributed by atoms with Crippen LogP contribution in [0.4, 0.5) is 5.69 Å². The van der Waals surface area contributed by atoms with Crippen molar-refractivity contribution in [3.8, 4) is 0 Å². The van der Waals surface area contributed by atoms with E-state index in [2.05, 4.69) is 6.07 Å². The fraction of sp³-hybridized carbons (Fsp3) is 0.133. The van der Waals surface area contributed by atoms with E-state index >= 15 is 0 Å². The van der Waals surface area contributed by atoms with Crippen LogP contribution in [-0.2, 0) is 14.6 Å². The smallest absolute Gasteiger partial charge is 0.213 e. The Balaban J connectivity index is 2.33. The number of carbonyl (C=O) groups excluding carboxylic acids is 1. The molecule has 0 fully saturated rings. The van der Waals surface area contributed by atoms with E-state index in [1.807, 2.05) is 0 Å². The van der Waals surface area contributed by atoms with Crippen molar-refractivity contribution in [2.75, 3.05) is 11.9 Å². The molecule has 115 valence electrons. The molecule has 0 saturated carbocycles. The molecular weight excluding hydrogens is 324 g/mol. The molecule has 1 atom stereocenters. The van der Waals surface area contributed by atoms with Crippen molar-refractivity contribution in [1.82, 2.24) is 0 Å². The first-order valence-corrected chi connectivity index (χ1v) is 8.23. The van der Waals surface area contributed by atoms with Crippen LogP contribution in [0.25, 0.3) is 0 Å². The van der Waals surface area contributed by atoms with E-state index in [0.717, 1.165) is 0 Å². The Morgan fingerprint density at radius 1 is 1.23 bits per heavy atom.